The molecule has 0 saturated heterocycles. The summed E-state index contributed by atoms with van der Waals surface area (Å²) in [7, 11) is 0. The summed E-state index contributed by atoms with van der Waals surface area (Å²) in [5.41, 5.74) is 3.88. The zero-order valence-corrected chi connectivity index (χ0v) is 15.3. The molecule has 0 atom stereocenters. The molecule has 0 unspecified atom stereocenters. The van der Waals surface area contributed by atoms with Gasteiger partial charge in [-0.3, -0.25) is 9.78 Å². The van der Waals surface area contributed by atoms with Crippen molar-refractivity contribution in [3.8, 4) is 11.5 Å². The lowest BCUT2D eigenvalue weighted by atomic mass is 10.1. The van der Waals surface area contributed by atoms with Crippen LogP contribution >= 0.6 is 0 Å². The molecular weight excluding hydrogens is 328 g/mol. The first-order valence-electron chi connectivity index (χ1n) is 8.63. The van der Waals surface area contributed by atoms with Gasteiger partial charge in [0, 0.05) is 6.54 Å². The number of fused-ring (bicyclic) bond motifs is 2. The Hall–Kier alpha value is -3.02. The minimum absolute atomic E-state index is 0.188. The van der Waals surface area contributed by atoms with E-state index in [-0.39, 0.29) is 5.69 Å². The van der Waals surface area contributed by atoms with Gasteiger partial charge in [0.25, 0.3) is 5.56 Å². The van der Waals surface area contributed by atoms with Crippen LogP contribution in [0.5, 0.6) is 0 Å². The van der Waals surface area contributed by atoms with Crippen molar-refractivity contribution in [1.29, 1.82) is 0 Å². The fraction of sp³-hybridized carbons (Fsp3) is 0.300. The zero-order valence-electron chi connectivity index (χ0n) is 15.3. The second kappa shape index (κ2) is 7.07. The lowest BCUT2D eigenvalue weighted by Crippen LogP contribution is -2.29. The van der Waals surface area contributed by atoms with Gasteiger partial charge in [-0.25, -0.2) is 9.78 Å². The maximum Gasteiger partial charge on any atom is 0.349 e. The highest BCUT2D eigenvalue weighted by molar-refractivity contribution is 5.81. The quantitative estimate of drug-likeness (QED) is 0.566. The van der Waals surface area contributed by atoms with Crippen molar-refractivity contribution in [3.05, 3.63) is 68.4 Å². The van der Waals surface area contributed by atoms with Crippen LogP contribution in [0.3, 0.4) is 0 Å². The van der Waals surface area contributed by atoms with E-state index in [4.69, 9.17) is 0 Å². The summed E-state index contributed by atoms with van der Waals surface area (Å²) in [5.74, 6) is 0.325. The summed E-state index contributed by atoms with van der Waals surface area (Å²) in [6.07, 6.45) is 5.59. The average Bonchev–Trinajstić information content (AvgIpc) is 2.57. The summed E-state index contributed by atoms with van der Waals surface area (Å²) in [5, 5.41) is 0. The Labute approximate surface area is 151 Å². The standard InChI is InChI=1S/C20H22N4O2/c1-5-7-12(2)8-6-9-24-16-11-14(4)13(3)10-15(16)21-17-18(24)22-20(26)23-19(17)25/h5,7,10-11H,2,6,8-9H2,1,3-4H3,(H,23,25,26)/b7-5-. The third-order valence-electron chi connectivity index (χ3n) is 4.51. The van der Waals surface area contributed by atoms with Gasteiger partial charge >= 0.3 is 5.69 Å². The number of aromatic amines is 1. The van der Waals surface area contributed by atoms with E-state index in [0.29, 0.717) is 12.4 Å². The molecule has 0 bridgehead atoms. The first-order valence-corrected chi connectivity index (χ1v) is 8.63. The van der Waals surface area contributed by atoms with Gasteiger partial charge in [0.15, 0.2) is 11.5 Å². The number of H-pyrrole nitrogens is 1. The SMILES string of the molecule is C=C(/C=C\C)CCCn1c2nc(=O)[nH]c(=O)c-2nc2cc(C)c(C)cc21. The molecule has 0 amide bonds. The van der Waals surface area contributed by atoms with E-state index in [9.17, 15) is 9.59 Å². The molecule has 2 heterocycles. The summed E-state index contributed by atoms with van der Waals surface area (Å²) in [6.45, 7) is 10.6. The van der Waals surface area contributed by atoms with Gasteiger partial charge in [-0.1, -0.05) is 24.3 Å². The third kappa shape index (κ3) is 3.35. The van der Waals surface area contributed by atoms with Crippen molar-refractivity contribution in [3.63, 3.8) is 0 Å². The monoisotopic (exact) mass is 350 g/mol. The zero-order chi connectivity index (χ0) is 18.8. The Morgan fingerprint density at radius 3 is 2.69 bits per heavy atom. The maximum atomic E-state index is 12.2. The number of allylic oxidation sites excluding steroid dienone is 3. The molecule has 0 radical (unpaired) electrons. The van der Waals surface area contributed by atoms with Gasteiger partial charge in [0.2, 0.25) is 0 Å². The summed E-state index contributed by atoms with van der Waals surface area (Å²) >= 11 is 0. The van der Waals surface area contributed by atoms with Gasteiger partial charge in [-0.05, 0) is 56.9 Å². The normalized spacial score (nSPS) is 11.7. The van der Waals surface area contributed by atoms with Crippen LogP contribution < -0.4 is 11.2 Å². The molecule has 0 aromatic heterocycles. The van der Waals surface area contributed by atoms with Crippen LogP contribution in [-0.2, 0) is 6.54 Å². The number of aromatic nitrogens is 4. The molecule has 2 aliphatic heterocycles. The van der Waals surface area contributed by atoms with E-state index in [0.717, 1.165) is 40.6 Å². The third-order valence-corrected chi connectivity index (χ3v) is 4.51. The van der Waals surface area contributed by atoms with Gasteiger partial charge in [-0.2, -0.15) is 4.98 Å². The molecule has 1 aromatic carbocycles. The minimum Gasteiger partial charge on any atom is -0.322 e. The average molecular weight is 350 g/mol. The first kappa shape index (κ1) is 17.8. The number of benzene rings is 1. The summed E-state index contributed by atoms with van der Waals surface area (Å²) in [4.78, 5) is 34.7. The van der Waals surface area contributed by atoms with Crippen molar-refractivity contribution in [1.82, 2.24) is 19.5 Å². The Bertz CT molecular complexity index is 1110. The highest BCUT2D eigenvalue weighted by Gasteiger charge is 2.18. The maximum absolute atomic E-state index is 12.2. The largest absolute Gasteiger partial charge is 0.349 e. The molecule has 0 spiro atoms. The molecule has 6 heteroatoms. The van der Waals surface area contributed by atoms with Crippen LogP contribution in [0.1, 0.15) is 30.9 Å². The molecule has 0 aliphatic carbocycles. The van der Waals surface area contributed by atoms with E-state index in [1.807, 2.05) is 49.6 Å². The van der Waals surface area contributed by atoms with Crippen molar-refractivity contribution in [2.75, 3.05) is 0 Å². The van der Waals surface area contributed by atoms with Gasteiger partial charge < -0.3 is 4.57 Å². The van der Waals surface area contributed by atoms with Crippen LogP contribution in [0.15, 0.2) is 46.0 Å². The lowest BCUT2D eigenvalue weighted by molar-refractivity contribution is 0.650. The highest BCUT2D eigenvalue weighted by Crippen LogP contribution is 2.24. The van der Waals surface area contributed by atoms with E-state index < -0.39 is 11.2 Å². The Kier molecular flexibility index (Phi) is 4.84. The number of aryl methyl sites for hydroxylation is 3. The lowest BCUT2D eigenvalue weighted by Gasteiger charge is -2.17. The number of hydrogen-bond donors (Lipinski definition) is 1. The number of nitrogens with zero attached hydrogens (tertiary/aromatic N) is 3. The van der Waals surface area contributed by atoms with E-state index in [1.54, 1.807) is 0 Å². The fourth-order valence-electron chi connectivity index (χ4n) is 3.06. The van der Waals surface area contributed by atoms with Crippen LogP contribution in [-0.4, -0.2) is 19.5 Å². The van der Waals surface area contributed by atoms with E-state index in [1.165, 1.54) is 0 Å². The van der Waals surface area contributed by atoms with Crippen LogP contribution in [0.4, 0.5) is 0 Å². The van der Waals surface area contributed by atoms with Gasteiger partial charge in [0.05, 0.1) is 11.0 Å². The molecule has 0 fully saturated rings. The van der Waals surface area contributed by atoms with Crippen molar-refractivity contribution >= 4 is 11.0 Å². The molecule has 26 heavy (non-hydrogen) atoms. The molecule has 2 aliphatic rings. The molecule has 6 nitrogen and oxygen atoms in total. The fourth-order valence-corrected chi connectivity index (χ4v) is 3.06. The predicted octanol–water partition coefficient (Wildman–Crippen LogP) is 3.11. The van der Waals surface area contributed by atoms with Crippen LogP contribution in [0.25, 0.3) is 22.6 Å². The molecular formula is C20H22N4O2. The summed E-state index contributed by atoms with van der Waals surface area (Å²) in [6, 6.07) is 4.00. The van der Waals surface area contributed by atoms with Gasteiger partial charge in [-0.15, -0.1) is 0 Å². The van der Waals surface area contributed by atoms with E-state index >= 15 is 0 Å². The first-order chi connectivity index (χ1) is 12.4. The molecule has 1 aromatic rings. The molecule has 134 valence electrons. The van der Waals surface area contributed by atoms with E-state index in [2.05, 4.69) is 21.5 Å². The smallest absolute Gasteiger partial charge is 0.322 e. The second-order valence-corrected chi connectivity index (χ2v) is 6.49. The van der Waals surface area contributed by atoms with Crippen molar-refractivity contribution < 1.29 is 0 Å². The van der Waals surface area contributed by atoms with Crippen molar-refractivity contribution in [2.45, 2.75) is 40.2 Å². The summed E-state index contributed by atoms with van der Waals surface area (Å²) < 4.78 is 1.92. The predicted molar refractivity (Wildman–Crippen MR) is 104 cm³/mol. The number of rotatable bonds is 5. The van der Waals surface area contributed by atoms with Crippen LogP contribution in [0.2, 0.25) is 0 Å². The number of nitrogens with one attached hydrogen (secondary N) is 1. The Morgan fingerprint density at radius 1 is 1.23 bits per heavy atom. The molecule has 0 saturated carbocycles. The Morgan fingerprint density at radius 2 is 1.96 bits per heavy atom. The van der Waals surface area contributed by atoms with Crippen LogP contribution in [0, 0.1) is 13.8 Å². The molecule has 3 rings (SSSR count). The second-order valence-electron chi connectivity index (χ2n) is 6.49. The number of hydrogen-bond acceptors (Lipinski definition) is 4. The Balaban J connectivity index is 2.18. The van der Waals surface area contributed by atoms with Gasteiger partial charge in [0.1, 0.15) is 0 Å². The molecule has 1 N–H and O–H groups in total. The van der Waals surface area contributed by atoms with Crippen molar-refractivity contribution in [2.24, 2.45) is 0 Å². The minimum atomic E-state index is -0.653. The highest BCUT2D eigenvalue weighted by atomic mass is 16.2. The topological polar surface area (TPSA) is 80.6 Å².